The summed E-state index contributed by atoms with van der Waals surface area (Å²) >= 11 is 0. The number of ether oxygens (including phenoxy) is 4. The summed E-state index contributed by atoms with van der Waals surface area (Å²) in [6, 6.07) is 14.6. The van der Waals surface area contributed by atoms with E-state index < -0.39 is 5.41 Å². The molecule has 0 radical (unpaired) electrons. The maximum absolute atomic E-state index is 10.4. The van der Waals surface area contributed by atoms with Crippen LogP contribution in [0.15, 0.2) is 36.4 Å². The molecule has 0 N–H and O–H groups in total. The highest BCUT2D eigenvalue weighted by molar-refractivity contribution is 5.48. The van der Waals surface area contributed by atoms with Crippen LogP contribution in [0.4, 0.5) is 0 Å². The Morgan fingerprint density at radius 3 is 1.88 bits per heavy atom. The molecule has 5 nitrogen and oxygen atoms in total. The molecule has 2 atom stereocenters. The smallest absolute Gasteiger partial charge is 0.161 e. The Balaban J connectivity index is 2.12. The van der Waals surface area contributed by atoms with Crippen LogP contribution in [0.1, 0.15) is 51.2 Å². The number of hydrogen-bond acceptors (Lipinski definition) is 5. The monoisotopic (exact) mass is 439 g/mol. The van der Waals surface area contributed by atoms with E-state index in [0.29, 0.717) is 11.5 Å². The van der Waals surface area contributed by atoms with Gasteiger partial charge in [0.15, 0.2) is 23.0 Å². The Morgan fingerprint density at radius 2 is 1.34 bits per heavy atom. The van der Waals surface area contributed by atoms with E-state index in [4.69, 9.17) is 18.9 Å². The Hall–Kier alpha value is -2.87. The average molecular weight is 440 g/mol. The van der Waals surface area contributed by atoms with Crippen LogP contribution >= 0.6 is 0 Å². The van der Waals surface area contributed by atoms with Gasteiger partial charge in [0.1, 0.15) is 0 Å². The van der Waals surface area contributed by atoms with Gasteiger partial charge in [-0.1, -0.05) is 39.3 Å². The van der Waals surface area contributed by atoms with Crippen LogP contribution in [-0.4, -0.2) is 28.4 Å². The molecule has 0 aliphatic carbocycles. The first-order valence-corrected chi connectivity index (χ1v) is 11.2. The molecular formula is C27H37NO4. The van der Waals surface area contributed by atoms with E-state index in [1.165, 1.54) is 5.56 Å². The summed E-state index contributed by atoms with van der Waals surface area (Å²) in [5.41, 5.74) is 1.62. The Morgan fingerprint density at radius 1 is 0.781 bits per heavy atom. The second kappa shape index (κ2) is 11.7. The topological polar surface area (TPSA) is 60.7 Å². The van der Waals surface area contributed by atoms with E-state index in [9.17, 15) is 5.26 Å². The molecule has 0 aromatic heterocycles. The van der Waals surface area contributed by atoms with E-state index in [1.807, 2.05) is 30.3 Å². The van der Waals surface area contributed by atoms with Crippen LogP contribution in [0.5, 0.6) is 23.0 Å². The molecule has 2 rings (SSSR count). The molecule has 5 heteroatoms. The molecule has 0 bridgehead atoms. The number of methoxy groups -OCH3 is 4. The number of aryl methyl sites for hydroxylation is 1. The molecule has 2 aromatic rings. The number of nitrogens with zero attached hydrogens (tertiary/aromatic N) is 1. The maximum Gasteiger partial charge on any atom is 0.161 e. The zero-order chi connectivity index (χ0) is 23.7. The van der Waals surface area contributed by atoms with Crippen LogP contribution in [-0.2, 0) is 11.8 Å². The highest BCUT2D eigenvalue weighted by Gasteiger charge is 2.41. The maximum atomic E-state index is 10.4. The van der Waals surface area contributed by atoms with Gasteiger partial charge in [0, 0.05) is 0 Å². The summed E-state index contributed by atoms with van der Waals surface area (Å²) in [5, 5.41) is 10.4. The van der Waals surface area contributed by atoms with E-state index in [1.54, 1.807) is 28.4 Å². The second-order valence-electron chi connectivity index (χ2n) is 8.54. The van der Waals surface area contributed by atoms with E-state index in [-0.39, 0.29) is 11.8 Å². The average Bonchev–Trinajstić information content (AvgIpc) is 2.81. The number of benzene rings is 2. The lowest BCUT2D eigenvalue weighted by molar-refractivity contribution is 0.256. The molecule has 0 aliphatic rings. The lowest BCUT2D eigenvalue weighted by atomic mass is 9.63. The molecular weight excluding hydrogens is 402 g/mol. The standard InChI is InChI=1S/C27H37NO4/c1-19(2)27(18-28,22-13-15-24(30-5)26(17-22)32-7)20(3)10-8-9-11-21-12-14-23(29-4)25(16-21)31-6/h12-17,19-20H,8-11H2,1-7H3. The van der Waals surface area contributed by atoms with Gasteiger partial charge in [0.25, 0.3) is 0 Å². The van der Waals surface area contributed by atoms with E-state index in [2.05, 4.69) is 32.9 Å². The van der Waals surface area contributed by atoms with Crippen molar-refractivity contribution in [2.75, 3.05) is 28.4 Å². The first kappa shape index (κ1) is 25.4. The molecule has 2 unspecified atom stereocenters. The predicted molar refractivity (Wildman–Crippen MR) is 128 cm³/mol. The summed E-state index contributed by atoms with van der Waals surface area (Å²) in [4.78, 5) is 0. The fraction of sp³-hybridized carbons (Fsp3) is 0.519. The third kappa shape index (κ3) is 5.30. The summed E-state index contributed by atoms with van der Waals surface area (Å²) in [6.45, 7) is 6.44. The van der Waals surface area contributed by atoms with Gasteiger partial charge in [0.05, 0.1) is 39.9 Å². The summed E-state index contributed by atoms with van der Waals surface area (Å²) in [6.07, 6.45) is 4.02. The Bertz CT molecular complexity index is 918. The van der Waals surface area contributed by atoms with Gasteiger partial charge < -0.3 is 18.9 Å². The van der Waals surface area contributed by atoms with Crippen molar-refractivity contribution < 1.29 is 18.9 Å². The minimum atomic E-state index is -0.594. The van der Waals surface area contributed by atoms with Crippen molar-refractivity contribution in [3.05, 3.63) is 47.5 Å². The zero-order valence-electron chi connectivity index (χ0n) is 20.5. The van der Waals surface area contributed by atoms with Gasteiger partial charge in [-0.2, -0.15) is 5.26 Å². The summed E-state index contributed by atoms with van der Waals surface area (Å²) in [7, 11) is 6.56. The molecule has 0 heterocycles. The van der Waals surface area contributed by atoms with Crippen molar-refractivity contribution in [2.24, 2.45) is 11.8 Å². The molecule has 0 saturated carbocycles. The minimum absolute atomic E-state index is 0.159. The van der Waals surface area contributed by atoms with Crippen molar-refractivity contribution >= 4 is 0 Å². The van der Waals surface area contributed by atoms with Crippen LogP contribution in [0, 0.1) is 23.2 Å². The number of hydrogen-bond donors (Lipinski definition) is 0. The quantitative estimate of drug-likeness (QED) is 0.369. The molecule has 0 fully saturated rings. The van der Waals surface area contributed by atoms with Crippen LogP contribution in [0.25, 0.3) is 0 Å². The molecule has 32 heavy (non-hydrogen) atoms. The summed E-state index contributed by atoms with van der Waals surface area (Å²) < 4.78 is 21.6. The highest BCUT2D eigenvalue weighted by atomic mass is 16.5. The molecule has 0 aliphatic heterocycles. The van der Waals surface area contributed by atoms with Crippen molar-refractivity contribution in [3.63, 3.8) is 0 Å². The SMILES string of the molecule is COc1ccc(CCCCC(C)C(C#N)(c2ccc(OC)c(OC)c2)C(C)C)cc1OC. The third-order valence-corrected chi connectivity index (χ3v) is 6.53. The van der Waals surface area contributed by atoms with Crippen molar-refractivity contribution in [2.45, 2.75) is 51.9 Å². The van der Waals surface area contributed by atoms with Gasteiger partial charge >= 0.3 is 0 Å². The van der Waals surface area contributed by atoms with Gasteiger partial charge in [-0.05, 0) is 66.5 Å². The van der Waals surface area contributed by atoms with Gasteiger partial charge in [-0.25, -0.2) is 0 Å². The van der Waals surface area contributed by atoms with Gasteiger partial charge in [-0.3, -0.25) is 0 Å². The largest absolute Gasteiger partial charge is 0.493 e. The first-order chi connectivity index (χ1) is 15.4. The van der Waals surface area contributed by atoms with E-state index in [0.717, 1.165) is 42.7 Å². The summed E-state index contributed by atoms with van der Waals surface area (Å²) in [5.74, 6) is 3.19. The zero-order valence-corrected chi connectivity index (χ0v) is 20.5. The Kier molecular flexibility index (Phi) is 9.26. The lowest BCUT2D eigenvalue weighted by Crippen LogP contribution is -2.37. The third-order valence-electron chi connectivity index (χ3n) is 6.53. The number of unbranched alkanes of at least 4 members (excludes halogenated alkanes) is 1. The van der Waals surface area contributed by atoms with Crippen LogP contribution < -0.4 is 18.9 Å². The second-order valence-corrected chi connectivity index (χ2v) is 8.54. The first-order valence-electron chi connectivity index (χ1n) is 11.2. The molecule has 2 aromatic carbocycles. The van der Waals surface area contributed by atoms with E-state index >= 15 is 0 Å². The molecule has 0 amide bonds. The fourth-order valence-corrected chi connectivity index (χ4v) is 4.63. The predicted octanol–water partition coefficient (Wildman–Crippen LogP) is 6.19. The van der Waals surface area contributed by atoms with Crippen LogP contribution in [0.3, 0.4) is 0 Å². The van der Waals surface area contributed by atoms with Crippen molar-refractivity contribution in [1.82, 2.24) is 0 Å². The van der Waals surface area contributed by atoms with Crippen molar-refractivity contribution in [3.8, 4) is 29.1 Å². The van der Waals surface area contributed by atoms with Gasteiger partial charge in [0.2, 0.25) is 0 Å². The Labute approximate surface area is 193 Å². The number of rotatable bonds is 12. The fourth-order valence-electron chi connectivity index (χ4n) is 4.63. The minimum Gasteiger partial charge on any atom is -0.493 e. The van der Waals surface area contributed by atoms with Gasteiger partial charge in [-0.15, -0.1) is 0 Å². The lowest BCUT2D eigenvalue weighted by Gasteiger charge is -2.37. The molecule has 174 valence electrons. The van der Waals surface area contributed by atoms with Crippen molar-refractivity contribution in [1.29, 1.82) is 5.26 Å². The number of nitriles is 1. The van der Waals surface area contributed by atoms with Crippen LogP contribution in [0.2, 0.25) is 0 Å². The molecule has 0 saturated heterocycles. The highest BCUT2D eigenvalue weighted by Crippen LogP contribution is 2.44. The normalized spacial score (nSPS) is 13.7. The molecule has 0 spiro atoms.